The Hall–Kier alpha value is -3.39. The summed E-state index contributed by atoms with van der Waals surface area (Å²) in [6.45, 7) is 1.38. The van der Waals surface area contributed by atoms with Crippen LogP contribution in [0.5, 0.6) is 5.75 Å². The van der Waals surface area contributed by atoms with Crippen molar-refractivity contribution in [2.24, 2.45) is 0 Å². The van der Waals surface area contributed by atoms with Gasteiger partial charge in [-0.25, -0.2) is 12.8 Å². The summed E-state index contributed by atoms with van der Waals surface area (Å²) in [5.41, 5.74) is 1.18. The molecule has 0 aliphatic rings. The summed E-state index contributed by atoms with van der Waals surface area (Å²) in [5, 5.41) is 2.82. The molecule has 162 valence electrons. The number of rotatable bonds is 8. The molecule has 0 aliphatic heterocycles. The van der Waals surface area contributed by atoms with Gasteiger partial charge in [0.05, 0.1) is 23.7 Å². The molecule has 0 spiro atoms. The van der Waals surface area contributed by atoms with E-state index in [9.17, 15) is 17.6 Å². The molecule has 0 heterocycles. The standard InChI is InChI=1S/C23H23FN2O4S/c1-17(18-6-4-3-5-7-18)25-23(27)16-26(20-10-12-21(30-2)13-11-20)31(28,29)22-14-8-19(24)9-15-22/h3-15,17H,16H2,1-2H3,(H,25,27). The second kappa shape index (κ2) is 9.61. The van der Waals surface area contributed by atoms with Gasteiger partial charge in [0.25, 0.3) is 10.0 Å². The zero-order chi connectivity index (χ0) is 22.4. The molecule has 0 aliphatic carbocycles. The lowest BCUT2D eigenvalue weighted by molar-refractivity contribution is -0.120. The van der Waals surface area contributed by atoms with Crippen LogP contribution in [0.25, 0.3) is 0 Å². The average Bonchev–Trinajstić information content (AvgIpc) is 2.78. The number of carbonyl (C=O) groups is 1. The molecule has 1 N–H and O–H groups in total. The van der Waals surface area contributed by atoms with Gasteiger partial charge in [0, 0.05) is 0 Å². The molecule has 0 saturated carbocycles. The second-order valence-electron chi connectivity index (χ2n) is 6.86. The Kier molecular flexibility index (Phi) is 6.91. The summed E-state index contributed by atoms with van der Waals surface area (Å²) in [6, 6.07) is 19.8. The van der Waals surface area contributed by atoms with E-state index in [0.717, 1.165) is 22.0 Å². The number of ether oxygens (including phenoxy) is 1. The van der Waals surface area contributed by atoms with Crippen LogP contribution in [0, 0.1) is 5.82 Å². The third-order valence-corrected chi connectivity index (χ3v) is 6.51. The quantitative estimate of drug-likeness (QED) is 0.574. The van der Waals surface area contributed by atoms with E-state index < -0.39 is 28.3 Å². The van der Waals surface area contributed by atoms with Gasteiger partial charge in [0.2, 0.25) is 5.91 Å². The summed E-state index contributed by atoms with van der Waals surface area (Å²) < 4.78 is 46.0. The number of halogens is 1. The lowest BCUT2D eigenvalue weighted by Gasteiger charge is -2.25. The first-order valence-corrected chi connectivity index (χ1v) is 11.0. The Morgan fingerprint density at radius 2 is 1.61 bits per heavy atom. The number of nitrogens with zero attached hydrogens (tertiary/aromatic N) is 1. The maximum absolute atomic E-state index is 13.3. The van der Waals surface area contributed by atoms with Gasteiger partial charge in [-0.3, -0.25) is 9.10 Å². The van der Waals surface area contributed by atoms with Crippen molar-refractivity contribution in [2.45, 2.75) is 17.9 Å². The molecule has 3 rings (SSSR count). The van der Waals surface area contributed by atoms with Crippen molar-refractivity contribution in [3.05, 3.63) is 90.2 Å². The highest BCUT2D eigenvalue weighted by Crippen LogP contribution is 2.26. The first-order valence-electron chi connectivity index (χ1n) is 9.58. The van der Waals surface area contributed by atoms with Crippen molar-refractivity contribution in [2.75, 3.05) is 18.0 Å². The van der Waals surface area contributed by atoms with Gasteiger partial charge in [-0.2, -0.15) is 0 Å². The molecule has 0 aromatic heterocycles. The fourth-order valence-electron chi connectivity index (χ4n) is 3.04. The molecule has 31 heavy (non-hydrogen) atoms. The van der Waals surface area contributed by atoms with E-state index in [-0.39, 0.29) is 16.6 Å². The first-order chi connectivity index (χ1) is 14.8. The monoisotopic (exact) mass is 442 g/mol. The number of benzene rings is 3. The number of nitrogens with one attached hydrogen (secondary N) is 1. The lowest BCUT2D eigenvalue weighted by Crippen LogP contribution is -2.41. The fourth-order valence-corrected chi connectivity index (χ4v) is 4.46. The molecule has 3 aromatic carbocycles. The number of hydrogen-bond donors (Lipinski definition) is 1. The molecular weight excluding hydrogens is 419 g/mol. The number of amides is 1. The Morgan fingerprint density at radius 1 is 1.00 bits per heavy atom. The topological polar surface area (TPSA) is 75.7 Å². The van der Waals surface area contributed by atoms with Crippen molar-refractivity contribution in [3.8, 4) is 5.75 Å². The molecule has 8 heteroatoms. The number of sulfonamides is 1. The van der Waals surface area contributed by atoms with Gasteiger partial charge in [-0.05, 0) is 61.0 Å². The number of carbonyl (C=O) groups excluding carboxylic acids is 1. The molecule has 1 atom stereocenters. The van der Waals surface area contributed by atoms with E-state index in [1.165, 1.54) is 19.2 Å². The summed E-state index contributed by atoms with van der Waals surface area (Å²) in [6.07, 6.45) is 0. The molecule has 0 radical (unpaired) electrons. The Morgan fingerprint density at radius 3 is 2.19 bits per heavy atom. The molecule has 0 saturated heterocycles. The van der Waals surface area contributed by atoms with Crippen LogP contribution in [-0.2, 0) is 14.8 Å². The average molecular weight is 443 g/mol. The highest BCUT2D eigenvalue weighted by Gasteiger charge is 2.28. The molecule has 0 bridgehead atoms. The minimum Gasteiger partial charge on any atom is -0.497 e. The van der Waals surface area contributed by atoms with Crippen LogP contribution in [0.4, 0.5) is 10.1 Å². The SMILES string of the molecule is COc1ccc(N(CC(=O)NC(C)c2ccccc2)S(=O)(=O)c2ccc(F)cc2)cc1. The van der Waals surface area contributed by atoms with Crippen LogP contribution in [0.3, 0.4) is 0 Å². The van der Waals surface area contributed by atoms with E-state index in [4.69, 9.17) is 4.74 Å². The number of methoxy groups -OCH3 is 1. The minimum absolute atomic E-state index is 0.117. The smallest absolute Gasteiger partial charge is 0.264 e. The highest BCUT2D eigenvalue weighted by atomic mass is 32.2. The van der Waals surface area contributed by atoms with Crippen LogP contribution in [-0.4, -0.2) is 28.0 Å². The van der Waals surface area contributed by atoms with Crippen molar-refractivity contribution in [3.63, 3.8) is 0 Å². The van der Waals surface area contributed by atoms with E-state index in [1.807, 2.05) is 37.3 Å². The lowest BCUT2D eigenvalue weighted by atomic mass is 10.1. The van der Waals surface area contributed by atoms with Crippen molar-refractivity contribution in [1.29, 1.82) is 0 Å². The molecule has 0 fully saturated rings. The van der Waals surface area contributed by atoms with Gasteiger partial charge in [-0.1, -0.05) is 30.3 Å². The van der Waals surface area contributed by atoms with E-state index in [0.29, 0.717) is 5.75 Å². The Labute approximate surface area is 181 Å². The summed E-state index contributed by atoms with van der Waals surface area (Å²) in [4.78, 5) is 12.6. The summed E-state index contributed by atoms with van der Waals surface area (Å²) in [7, 11) is -2.62. The van der Waals surface area contributed by atoms with Crippen LogP contribution in [0.1, 0.15) is 18.5 Å². The molecule has 6 nitrogen and oxygen atoms in total. The third-order valence-electron chi connectivity index (χ3n) is 4.73. The van der Waals surface area contributed by atoms with Gasteiger partial charge >= 0.3 is 0 Å². The van der Waals surface area contributed by atoms with Crippen LogP contribution >= 0.6 is 0 Å². The predicted molar refractivity (Wildman–Crippen MR) is 117 cm³/mol. The van der Waals surface area contributed by atoms with Gasteiger partial charge in [-0.15, -0.1) is 0 Å². The maximum Gasteiger partial charge on any atom is 0.264 e. The molecular formula is C23H23FN2O4S. The zero-order valence-corrected chi connectivity index (χ0v) is 18.0. The van der Waals surface area contributed by atoms with Gasteiger partial charge in [0.1, 0.15) is 18.1 Å². The van der Waals surface area contributed by atoms with Crippen molar-refractivity contribution < 1.29 is 22.3 Å². The molecule has 1 unspecified atom stereocenters. The van der Waals surface area contributed by atoms with Gasteiger partial charge in [0.15, 0.2) is 0 Å². The minimum atomic E-state index is -4.12. The van der Waals surface area contributed by atoms with Crippen molar-refractivity contribution in [1.82, 2.24) is 5.32 Å². The van der Waals surface area contributed by atoms with Gasteiger partial charge < -0.3 is 10.1 Å². The zero-order valence-electron chi connectivity index (χ0n) is 17.2. The predicted octanol–water partition coefficient (Wildman–Crippen LogP) is 3.91. The van der Waals surface area contributed by atoms with Crippen LogP contribution < -0.4 is 14.4 Å². The van der Waals surface area contributed by atoms with Crippen LogP contribution in [0.2, 0.25) is 0 Å². The highest BCUT2D eigenvalue weighted by molar-refractivity contribution is 7.92. The second-order valence-corrected chi connectivity index (χ2v) is 8.73. The fraction of sp³-hybridized carbons (Fsp3) is 0.174. The van der Waals surface area contributed by atoms with Crippen LogP contribution in [0.15, 0.2) is 83.8 Å². The molecule has 1 amide bonds. The number of anilines is 1. The van der Waals surface area contributed by atoms with E-state index in [1.54, 1.807) is 24.3 Å². The third kappa shape index (κ3) is 5.40. The van der Waals surface area contributed by atoms with E-state index >= 15 is 0 Å². The number of hydrogen-bond acceptors (Lipinski definition) is 4. The summed E-state index contributed by atoms with van der Waals surface area (Å²) >= 11 is 0. The van der Waals surface area contributed by atoms with Crippen molar-refractivity contribution >= 4 is 21.6 Å². The Balaban J connectivity index is 1.90. The molecule has 3 aromatic rings. The Bertz CT molecular complexity index is 1120. The maximum atomic E-state index is 13.3. The largest absolute Gasteiger partial charge is 0.497 e. The first kappa shape index (κ1) is 22.3. The summed E-state index contributed by atoms with van der Waals surface area (Å²) in [5.74, 6) is -0.479. The normalized spacial score (nSPS) is 12.1. The van der Waals surface area contributed by atoms with E-state index in [2.05, 4.69) is 5.32 Å².